The molecule has 0 amide bonds. The van der Waals surface area contributed by atoms with E-state index in [2.05, 4.69) is 81.8 Å². The molecule has 0 aliphatic rings. The largest absolute Gasteiger partial charge is 0.381 e. The van der Waals surface area contributed by atoms with Crippen molar-refractivity contribution in [3.05, 3.63) is 63.0 Å². The lowest BCUT2D eigenvalue weighted by Crippen LogP contribution is -1.98. The first-order chi connectivity index (χ1) is 8.81. The van der Waals surface area contributed by atoms with Gasteiger partial charge < -0.3 is 5.32 Å². The molecule has 1 heterocycles. The van der Waals surface area contributed by atoms with Gasteiger partial charge in [-0.3, -0.25) is 0 Å². The highest BCUT2D eigenvalue weighted by Gasteiger charge is 1.98. The molecule has 3 heteroatoms. The minimum Gasteiger partial charge on any atom is -0.381 e. The number of hydrogen-bond acceptors (Lipinski definition) is 2. The molecule has 3 aromatic rings. The molecule has 0 unspecified atom stereocenters. The molecule has 0 aliphatic heterocycles. The van der Waals surface area contributed by atoms with E-state index < -0.39 is 0 Å². The normalized spacial score (nSPS) is 10.7. The second kappa shape index (κ2) is 5.28. The van der Waals surface area contributed by atoms with Gasteiger partial charge in [-0.2, -0.15) is 0 Å². The summed E-state index contributed by atoms with van der Waals surface area (Å²) in [7, 11) is 0. The molecule has 0 bridgehead atoms. The molecule has 0 fully saturated rings. The summed E-state index contributed by atoms with van der Waals surface area (Å²) in [6, 6.07) is 17.3. The van der Waals surface area contributed by atoms with E-state index in [1.54, 1.807) is 11.3 Å². The fourth-order valence-electron chi connectivity index (χ4n) is 1.88. The van der Waals surface area contributed by atoms with Gasteiger partial charge in [0.05, 0.1) is 0 Å². The average Bonchev–Trinajstić information content (AvgIpc) is 2.85. The molecule has 90 valence electrons. The lowest BCUT2D eigenvalue weighted by molar-refractivity contribution is 1.15. The maximum Gasteiger partial charge on any atom is 0.0400 e. The van der Waals surface area contributed by atoms with Crippen molar-refractivity contribution in [2.45, 2.75) is 6.54 Å². The summed E-state index contributed by atoms with van der Waals surface area (Å²) < 4.78 is 2.62. The Balaban J connectivity index is 1.74. The number of rotatable bonds is 3. The van der Waals surface area contributed by atoms with E-state index in [4.69, 9.17) is 0 Å². The lowest BCUT2D eigenvalue weighted by atomic mass is 10.2. The van der Waals surface area contributed by atoms with Crippen LogP contribution in [-0.2, 0) is 6.54 Å². The van der Waals surface area contributed by atoms with E-state index in [1.807, 2.05) is 0 Å². The second-order valence-corrected chi connectivity index (χ2v) is 6.35. The summed E-state index contributed by atoms with van der Waals surface area (Å²) in [6.07, 6.45) is 0. The molecule has 2 aromatic carbocycles. The summed E-state index contributed by atoms with van der Waals surface area (Å²) in [4.78, 5) is 0. The van der Waals surface area contributed by atoms with Crippen molar-refractivity contribution in [1.82, 2.24) is 0 Å². The summed E-state index contributed by atoms with van der Waals surface area (Å²) in [6.45, 7) is 0.868. The number of nitrogens with one attached hydrogen (secondary N) is 1. The SMILES string of the molecule is Ic1ccc(CNc2ccc3sccc3c2)cc1. The highest BCUT2D eigenvalue weighted by Crippen LogP contribution is 2.24. The van der Waals surface area contributed by atoms with E-state index in [9.17, 15) is 0 Å². The van der Waals surface area contributed by atoms with Gasteiger partial charge in [-0.1, -0.05) is 12.1 Å². The van der Waals surface area contributed by atoms with Gasteiger partial charge in [-0.25, -0.2) is 0 Å². The molecule has 0 saturated carbocycles. The zero-order valence-electron chi connectivity index (χ0n) is 9.69. The van der Waals surface area contributed by atoms with Crippen molar-refractivity contribution in [2.75, 3.05) is 5.32 Å². The molecule has 0 saturated heterocycles. The number of fused-ring (bicyclic) bond motifs is 1. The maximum absolute atomic E-state index is 3.46. The minimum absolute atomic E-state index is 0.868. The van der Waals surface area contributed by atoms with Gasteiger partial charge in [-0.15, -0.1) is 11.3 Å². The molecule has 0 radical (unpaired) electrons. The van der Waals surface area contributed by atoms with Crippen LogP contribution in [0.3, 0.4) is 0 Å². The van der Waals surface area contributed by atoms with Crippen LogP contribution >= 0.6 is 33.9 Å². The van der Waals surface area contributed by atoms with Crippen LogP contribution in [0, 0.1) is 3.57 Å². The molecule has 0 spiro atoms. The predicted octanol–water partition coefficient (Wildman–Crippen LogP) is 5.12. The van der Waals surface area contributed by atoms with Gasteiger partial charge in [0, 0.05) is 20.5 Å². The molecule has 1 nitrogen and oxygen atoms in total. The molecular formula is C15H12INS. The topological polar surface area (TPSA) is 12.0 Å². The van der Waals surface area contributed by atoms with Crippen molar-refractivity contribution >= 4 is 49.7 Å². The van der Waals surface area contributed by atoms with Crippen LogP contribution < -0.4 is 5.32 Å². The van der Waals surface area contributed by atoms with Gasteiger partial charge in [0.2, 0.25) is 0 Å². The monoisotopic (exact) mass is 365 g/mol. The molecule has 3 rings (SSSR count). The van der Waals surface area contributed by atoms with Crippen LogP contribution in [0.4, 0.5) is 5.69 Å². The van der Waals surface area contributed by atoms with Crippen molar-refractivity contribution in [1.29, 1.82) is 0 Å². The second-order valence-electron chi connectivity index (χ2n) is 4.15. The summed E-state index contributed by atoms with van der Waals surface area (Å²) >= 11 is 4.11. The van der Waals surface area contributed by atoms with Crippen LogP contribution in [0.1, 0.15) is 5.56 Å². The van der Waals surface area contributed by atoms with Gasteiger partial charge >= 0.3 is 0 Å². The van der Waals surface area contributed by atoms with Gasteiger partial charge in [-0.05, 0) is 75.3 Å². The Bertz CT molecular complexity index is 658. The van der Waals surface area contributed by atoms with E-state index in [1.165, 1.54) is 24.9 Å². The number of hydrogen-bond donors (Lipinski definition) is 1. The standard InChI is InChI=1S/C15H12INS/c16-13-3-1-11(2-4-13)10-17-14-5-6-15-12(9-14)7-8-18-15/h1-9,17H,10H2. The highest BCUT2D eigenvalue weighted by molar-refractivity contribution is 14.1. The number of anilines is 1. The van der Waals surface area contributed by atoms with Gasteiger partial charge in [0.15, 0.2) is 0 Å². The smallest absolute Gasteiger partial charge is 0.0400 e. The lowest BCUT2D eigenvalue weighted by Gasteiger charge is -2.06. The highest BCUT2D eigenvalue weighted by atomic mass is 127. The van der Waals surface area contributed by atoms with Crippen LogP contribution in [0.25, 0.3) is 10.1 Å². The van der Waals surface area contributed by atoms with E-state index in [-0.39, 0.29) is 0 Å². The molecule has 1 aromatic heterocycles. The fraction of sp³-hybridized carbons (Fsp3) is 0.0667. The van der Waals surface area contributed by atoms with Crippen LogP contribution in [-0.4, -0.2) is 0 Å². The third-order valence-electron chi connectivity index (χ3n) is 2.86. The first kappa shape index (κ1) is 12.0. The van der Waals surface area contributed by atoms with Crippen molar-refractivity contribution < 1.29 is 0 Å². The third-order valence-corrected chi connectivity index (χ3v) is 4.48. The van der Waals surface area contributed by atoms with Crippen molar-refractivity contribution in [2.24, 2.45) is 0 Å². The van der Waals surface area contributed by atoms with E-state index >= 15 is 0 Å². The quantitative estimate of drug-likeness (QED) is 0.636. The Morgan fingerprint density at radius 1 is 1.00 bits per heavy atom. The number of benzene rings is 2. The molecular weight excluding hydrogens is 353 g/mol. The third kappa shape index (κ3) is 2.67. The molecule has 1 N–H and O–H groups in total. The first-order valence-corrected chi connectivity index (χ1v) is 7.73. The Kier molecular flexibility index (Phi) is 3.52. The Morgan fingerprint density at radius 3 is 2.67 bits per heavy atom. The zero-order chi connectivity index (χ0) is 12.4. The summed E-state index contributed by atoms with van der Waals surface area (Å²) in [5, 5.41) is 6.91. The van der Waals surface area contributed by atoms with Crippen molar-refractivity contribution in [3.63, 3.8) is 0 Å². The first-order valence-electron chi connectivity index (χ1n) is 5.77. The zero-order valence-corrected chi connectivity index (χ0v) is 12.7. The number of thiophene rings is 1. The van der Waals surface area contributed by atoms with Crippen molar-refractivity contribution in [3.8, 4) is 0 Å². The van der Waals surface area contributed by atoms with E-state index in [0.717, 1.165) is 6.54 Å². The Morgan fingerprint density at radius 2 is 1.83 bits per heavy atom. The van der Waals surface area contributed by atoms with Crippen LogP contribution in [0.15, 0.2) is 53.9 Å². The van der Waals surface area contributed by atoms with Crippen LogP contribution in [0.2, 0.25) is 0 Å². The number of halogens is 1. The Labute approximate surface area is 124 Å². The summed E-state index contributed by atoms with van der Waals surface area (Å²) in [5.41, 5.74) is 2.49. The maximum atomic E-state index is 3.46. The van der Waals surface area contributed by atoms with Gasteiger partial charge in [0.25, 0.3) is 0 Å². The predicted molar refractivity (Wildman–Crippen MR) is 88.3 cm³/mol. The molecule has 0 aliphatic carbocycles. The Hall–Kier alpha value is -1.07. The fourth-order valence-corrected chi connectivity index (χ4v) is 3.01. The van der Waals surface area contributed by atoms with Crippen LogP contribution in [0.5, 0.6) is 0 Å². The molecule has 18 heavy (non-hydrogen) atoms. The average molecular weight is 365 g/mol. The minimum atomic E-state index is 0.868. The summed E-state index contributed by atoms with van der Waals surface area (Å²) in [5.74, 6) is 0. The van der Waals surface area contributed by atoms with E-state index in [0.29, 0.717) is 0 Å². The molecule has 0 atom stereocenters. The van der Waals surface area contributed by atoms with Gasteiger partial charge in [0.1, 0.15) is 0 Å².